The summed E-state index contributed by atoms with van der Waals surface area (Å²) in [6.07, 6.45) is -1.84. The van der Waals surface area contributed by atoms with Gasteiger partial charge in [0.2, 0.25) is 12.2 Å². The number of carbonyl (C=O) groups excluding carboxylic acids is 5. The van der Waals surface area contributed by atoms with Gasteiger partial charge in [0.25, 0.3) is 5.91 Å². The third kappa shape index (κ3) is 3.21. The van der Waals surface area contributed by atoms with Gasteiger partial charge in [-0.2, -0.15) is 0 Å². The first-order valence-corrected chi connectivity index (χ1v) is 11.1. The predicted octanol–water partition coefficient (Wildman–Crippen LogP) is 0.485. The minimum Gasteiger partial charge on any atom is -0.508 e. The van der Waals surface area contributed by atoms with Crippen LogP contribution in [0.5, 0.6) is 5.75 Å². The average molecular weight is 500 g/mol. The quantitative estimate of drug-likeness (QED) is 0.142. The highest BCUT2D eigenvalue weighted by molar-refractivity contribution is 6.23. The summed E-state index contributed by atoms with van der Waals surface area (Å²) >= 11 is 0. The highest BCUT2D eigenvalue weighted by atomic mass is 16.5. The van der Waals surface area contributed by atoms with Gasteiger partial charge in [0, 0.05) is 30.3 Å². The van der Waals surface area contributed by atoms with Crippen LogP contribution in [0.2, 0.25) is 0 Å². The molecule has 0 spiro atoms. The Morgan fingerprint density at radius 1 is 1.25 bits per heavy atom. The number of carbonyl (C=O) groups is 5. The molecule has 0 unspecified atom stereocenters. The number of phenolic OH excluding ortho intramolecular Hbond substituents is 1. The molecule has 12 heteroatoms. The van der Waals surface area contributed by atoms with Crippen molar-refractivity contribution in [2.75, 3.05) is 5.32 Å². The molecule has 7 N–H and O–H groups in total. The Balaban J connectivity index is 2.04. The van der Waals surface area contributed by atoms with Crippen LogP contribution in [0.15, 0.2) is 29.0 Å². The third-order valence-electron chi connectivity index (χ3n) is 7.24. The van der Waals surface area contributed by atoms with E-state index in [4.69, 9.17) is 10.5 Å². The van der Waals surface area contributed by atoms with E-state index in [-0.39, 0.29) is 17.7 Å². The number of aliphatic hydroxyl groups excluding tert-OH is 2. The van der Waals surface area contributed by atoms with Gasteiger partial charge in [-0.15, -0.1) is 0 Å². The lowest BCUT2D eigenvalue weighted by Crippen LogP contribution is -2.64. The molecule has 0 radical (unpaired) electrons. The molecule has 0 heterocycles. The summed E-state index contributed by atoms with van der Waals surface area (Å²) in [5, 5.41) is 46.6. The number of phenols is 1. The van der Waals surface area contributed by atoms with E-state index < -0.39 is 87.7 Å². The smallest absolute Gasteiger partial charge is 0.305 e. The first kappa shape index (κ1) is 24.9. The Bertz CT molecular complexity index is 1300. The van der Waals surface area contributed by atoms with Crippen LogP contribution in [-0.4, -0.2) is 62.0 Å². The zero-order valence-electron chi connectivity index (χ0n) is 19.3. The van der Waals surface area contributed by atoms with Crippen molar-refractivity contribution in [3.8, 4) is 5.75 Å². The van der Waals surface area contributed by atoms with Gasteiger partial charge in [-0.1, -0.05) is 19.9 Å². The molecule has 1 saturated carbocycles. The number of anilines is 1. The molecule has 1 aromatic rings. The molecule has 3 aliphatic carbocycles. The van der Waals surface area contributed by atoms with Crippen LogP contribution in [0.1, 0.15) is 43.7 Å². The fourth-order valence-electron chi connectivity index (χ4n) is 5.54. The van der Waals surface area contributed by atoms with E-state index in [2.05, 4.69) is 5.32 Å². The topological polar surface area (TPSA) is 214 Å². The summed E-state index contributed by atoms with van der Waals surface area (Å²) in [5.41, 5.74) is 0.890. The highest BCUT2D eigenvalue weighted by Crippen LogP contribution is 2.57. The Labute approximate surface area is 204 Å². The maximum atomic E-state index is 13.8. The number of aliphatic hydroxyl groups is 3. The summed E-state index contributed by atoms with van der Waals surface area (Å²) in [6.45, 7) is 3.13. The van der Waals surface area contributed by atoms with Gasteiger partial charge < -0.3 is 36.2 Å². The van der Waals surface area contributed by atoms with Crippen molar-refractivity contribution in [3.05, 3.63) is 40.2 Å². The summed E-state index contributed by atoms with van der Waals surface area (Å²) in [7, 11) is 0. The molecule has 2 amide bonds. The van der Waals surface area contributed by atoms with Crippen LogP contribution in [0.4, 0.5) is 5.69 Å². The van der Waals surface area contributed by atoms with Crippen LogP contribution in [0, 0.1) is 11.8 Å². The second-order valence-electron chi connectivity index (χ2n) is 8.99. The van der Waals surface area contributed by atoms with E-state index in [9.17, 15) is 44.4 Å². The number of nitrogens with two attached hydrogens (primary N) is 1. The lowest BCUT2D eigenvalue weighted by atomic mass is 9.55. The Morgan fingerprint density at radius 3 is 2.50 bits per heavy atom. The van der Waals surface area contributed by atoms with Gasteiger partial charge in [-0.25, -0.2) is 0 Å². The molecule has 0 saturated heterocycles. The van der Waals surface area contributed by atoms with Crippen LogP contribution < -0.4 is 11.1 Å². The number of benzene rings is 1. The van der Waals surface area contributed by atoms with Crippen molar-refractivity contribution >= 4 is 41.3 Å². The third-order valence-corrected chi connectivity index (χ3v) is 7.24. The van der Waals surface area contributed by atoms with E-state index in [1.54, 1.807) is 6.92 Å². The van der Waals surface area contributed by atoms with Gasteiger partial charge in [0.05, 0.1) is 11.3 Å². The molecular weight excluding hydrogens is 476 g/mol. The van der Waals surface area contributed by atoms with Crippen LogP contribution in [0.3, 0.4) is 0 Å². The normalized spacial score (nSPS) is 29.2. The van der Waals surface area contributed by atoms with Crippen LogP contribution >= 0.6 is 0 Å². The second kappa shape index (κ2) is 8.48. The minimum absolute atomic E-state index is 0.0719. The standard InChI is InChI=1S/C24H24N2O10/c1-3-13(29)36-20-10-6-12(28)16(23(25)34)21(32)24(10,35)22(33)17-14(20)8(2)9-4-5-11(26-7-27)18(30)15(9)19(17)31/h4-5,7-8,10,14,20,30-32,35H,3,6H2,1-2H3,(H2,25,34)(H,26,27)/t8-,10+,14+,20+,24+/m0/s1. The number of fused-ring (bicyclic) bond motifs is 3. The summed E-state index contributed by atoms with van der Waals surface area (Å²) in [6, 6.07) is 2.88. The minimum atomic E-state index is -2.93. The SMILES string of the molecule is CCC(=O)O[C@H]1[C@H]2C(=C(O)c3c(ccc(NC=O)c3O)[C@@H]2C)C(=O)[C@]2(O)C(O)=C(C(N)=O)C(=O)C[C@H]12. The van der Waals surface area contributed by atoms with Crippen molar-refractivity contribution < 1.29 is 49.1 Å². The Morgan fingerprint density at radius 2 is 1.92 bits per heavy atom. The lowest BCUT2D eigenvalue weighted by molar-refractivity contribution is -0.178. The first-order valence-electron chi connectivity index (χ1n) is 11.1. The number of hydrogen-bond acceptors (Lipinski definition) is 10. The number of aromatic hydroxyl groups is 1. The van der Waals surface area contributed by atoms with Gasteiger partial charge >= 0.3 is 5.97 Å². The van der Waals surface area contributed by atoms with Crippen LogP contribution in [0.25, 0.3) is 5.76 Å². The van der Waals surface area contributed by atoms with Gasteiger partial charge in [0.1, 0.15) is 28.9 Å². The van der Waals surface area contributed by atoms with Crippen molar-refractivity contribution in [1.29, 1.82) is 0 Å². The number of esters is 1. The molecule has 12 nitrogen and oxygen atoms in total. The lowest BCUT2D eigenvalue weighted by Gasteiger charge is -2.51. The Hall–Kier alpha value is -4.19. The number of hydrogen-bond donors (Lipinski definition) is 6. The first-order chi connectivity index (χ1) is 16.9. The Kier molecular flexibility index (Phi) is 5.87. The number of rotatable bonds is 5. The summed E-state index contributed by atoms with van der Waals surface area (Å²) in [5.74, 6) is -10.2. The van der Waals surface area contributed by atoms with E-state index in [1.807, 2.05) is 0 Å². The zero-order chi connectivity index (χ0) is 26.7. The number of nitrogens with one attached hydrogen (secondary N) is 1. The van der Waals surface area contributed by atoms with Crippen molar-refractivity contribution in [3.63, 3.8) is 0 Å². The molecule has 190 valence electrons. The zero-order valence-corrected chi connectivity index (χ0v) is 19.3. The molecule has 1 fully saturated rings. The van der Waals surface area contributed by atoms with Crippen molar-refractivity contribution in [2.45, 2.75) is 44.3 Å². The molecule has 36 heavy (non-hydrogen) atoms. The van der Waals surface area contributed by atoms with E-state index >= 15 is 0 Å². The molecule has 0 bridgehead atoms. The molecule has 1 aromatic carbocycles. The maximum absolute atomic E-state index is 13.8. The second-order valence-corrected chi connectivity index (χ2v) is 8.99. The van der Waals surface area contributed by atoms with Crippen LogP contribution in [-0.2, 0) is 28.7 Å². The molecule has 0 aromatic heterocycles. The molecule has 4 rings (SSSR count). The fraction of sp³-hybridized carbons (Fsp3) is 0.375. The van der Waals surface area contributed by atoms with E-state index in [0.29, 0.717) is 12.0 Å². The number of Topliss-reactive ketones (excluding diaryl/α,β-unsaturated/α-hetero) is 2. The number of ketones is 2. The fourth-order valence-corrected chi connectivity index (χ4v) is 5.54. The maximum Gasteiger partial charge on any atom is 0.305 e. The molecule has 3 aliphatic rings. The van der Waals surface area contributed by atoms with E-state index in [0.717, 1.165) is 0 Å². The largest absolute Gasteiger partial charge is 0.508 e. The van der Waals surface area contributed by atoms with Gasteiger partial charge in [0.15, 0.2) is 11.4 Å². The number of primary amides is 1. The predicted molar refractivity (Wildman–Crippen MR) is 121 cm³/mol. The van der Waals surface area contributed by atoms with Crippen molar-refractivity contribution in [1.82, 2.24) is 0 Å². The van der Waals surface area contributed by atoms with Gasteiger partial charge in [-0.3, -0.25) is 24.0 Å². The van der Waals surface area contributed by atoms with E-state index in [1.165, 1.54) is 19.1 Å². The van der Waals surface area contributed by atoms with Gasteiger partial charge in [-0.05, 0) is 17.5 Å². The average Bonchev–Trinajstić information content (AvgIpc) is 2.82. The summed E-state index contributed by atoms with van der Waals surface area (Å²) in [4.78, 5) is 61.6. The highest BCUT2D eigenvalue weighted by Gasteiger charge is 2.66. The summed E-state index contributed by atoms with van der Waals surface area (Å²) < 4.78 is 5.59. The number of amides is 2. The van der Waals surface area contributed by atoms with Crippen molar-refractivity contribution in [2.24, 2.45) is 17.6 Å². The molecule has 5 atom stereocenters. The monoisotopic (exact) mass is 500 g/mol. The molecule has 0 aliphatic heterocycles. The molecular formula is C24H24N2O10. The number of ether oxygens (including phenoxy) is 1.